The van der Waals surface area contributed by atoms with Gasteiger partial charge in [-0.25, -0.2) is 0 Å². The average Bonchev–Trinajstić information content (AvgIpc) is 3.30. The Labute approximate surface area is 402 Å². The number of rotatable bonds is 50. The van der Waals surface area contributed by atoms with Crippen molar-refractivity contribution in [3.63, 3.8) is 0 Å². The van der Waals surface area contributed by atoms with Gasteiger partial charge in [0.25, 0.3) is 0 Å². The number of ether oxygens (including phenoxy) is 3. The zero-order valence-corrected chi connectivity index (χ0v) is 43.0. The van der Waals surface area contributed by atoms with Gasteiger partial charge >= 0.3 is 17.9 Å². The summed E-state index contributed by atoms with van der Waals surface area (Å²) in [5.41, 5.74) is 0. The lowest BCUT2D eigenvalue weighted by Gasteiger charge is -2.18. The Morgan fingerprint density at radius 3 is 0.908 bits per heavy atom. The van der Waals surface area contributed by atoms with E-state index in [4.69, 9.17) is 14.2 Å². The van der Waals surface area contributed by atoms with Crippen molar-refractivity contribution in [1.29, 1.82) is 0 Å². The summed E-state index contributed by atoms with van der Waals surface area (Å²) in [5.74, 6) is -0.894. The molecule has 0 aromatic rings. The summed E-state index contributed by atoms with van der Waals surface area (Å²) in [6.45, 7) is 6.58. The predicted octanol–water partition coefficient (Wildman–Crippen LogP) is 18.4. The monoisotopic (exact) mass is 909 g/mol. The lowest BCUT2D eigenvalue weighted by Crippen LogP contribution is -2.30. The standard InChI is InChI=1S/C59H104O6/c1-4-7-10-13-16-19-22-24-26-28-30-32-33-35-37-40-43-46-49-52-58(61)64-55-56(54-63-57(60)51-48-45-42-39-21-18-15-12-9-6-3)65-59(62)53-50-47-44-41-38-36-34-31-29-27-25-23-20-17-14-11-8-5-2/h16,19-20,23-24,26-27,29-30,32,56H,4-15,17-18,21-22,25,28,31,33-55H2,1-3H3/b19-16-,23-20-,26-24-,29-27-,32-30-. The number of unbranched alkanes of at least 4 members (excludes halogenated alkanes) is 29. The molecule has 1 unspecified atom stereocenters. The molecule has 0 spiro atoms. The fourth-order valence-corrected chi connectivity index (χ4v) is 7.77. The van der Waals surface area contributed by atoms with Crippen LogP contribution >= 0.6 is 0 Å². The molecule has 1 atom stereocenters. The fraction of sp³-hybridized carbons (Fsp3) is 0.780. The van der Waals surface area contributed by atoms with Crippen molar-refractivity contribution in [2.75, 3.05) is 13.2 Å². The molecule has 0 bridgehead atoms. The van der Waals surface area contributed by atoms with E-state index in [1.54, 1.807) is 0 Å². The molecule has 0 fully saturated rings. The van der Waals surface area contributed by atoms with Crippen LogP contribution in [0.3, 0.4) is 0 Å². The molecule has 0 saturated carbocycles. The van der Waals surface area contributed by atoms with Gasteiger partial charge in [0, 0.05) is 19.3 Å². The number of carbonyl (C=O) groups is 3. The van der Waals surface area contributed by atoms with Gasteiger partial charge in [0.05, 0.1) is 0 Å². The first-order valence-corrected chi connectivity index (χ1v) is 27.8. The Morgan fingerprint density at radius 2 is 0.554 bits per heavy atom. The van der Waals surface area contributed by atoms with Gasteiger partial charge in [-0.1, -0.05) is 229 Å². The Morgan fingerprint density at radius 1 is 0.308 bits per heavy atom. The Kier molecular flexibility index (Phi) is 51.3. The second-order valence-corrected chi connectivity index (χ2v) is 18.5. The van der Waals surface area contributed by atoms with E-state index in [0.717, 1.165) is 89.9 Å². The number of hydrogen-bond donors (Lipinski definition) is 0. The molecule has 0 amide bonds. The zero-order valence-electron chi connectivity index (χ0n) is 43.0. The molecule has 0 heterocycles. The summed E-state index contributed by atoms with van der Waals surface area (Å²) in [7, 11) is 0. The van der Waals surface area contributed by atoms with Crippen LogP contribution < -0.4 is 0 Å². The highest BCUT2D eigenvalue weighted by molar-refractivity contribution is 5.71. The third-order valence-corrected chi connectivity index (χ3v) is 12.0. The van der Waals surface area contributed by atoms with Crippen LogP contribution in [0, 0.1) is 0 Å². The van der Waals surface area contributed by atoms with Crippen LogP contribution in [-0.4, -0.2) is 37.2 Å². The Balaban J connectivity index is 4.35. The normalized spacial score (nSPS) is 12.5. The van der Waals surface area contributed by atoms with Crippen LogP contribution in [0.4, 0.5) is 0 Å². The first kappa shape index (κ1) is 62.1. The van der Waals surface area contributed by atoms with Gasteiger partial charge in [-0.3, -0.25) is 14.4 Å². The van der Waals surface area contributed by atoms with Gasteiger partial charge in [0.1, 0.15) is 13.2 Å². The van der Waals surface area contributed by atoms with E-state index in [1.807, 2.05) is 0 Å². The number of carbonyl (C=O) groups excluding carboxylic acids is 3. The van der Waals surface area contributed by atoms with Crippen LogP contribution in [0.2, 0.25) is 0 Å². The minimum absolute atomic E-state index is 0.0800. The number of allylic oxidation sites excluding steroid dienone is 10. The van der Waals surface area contributed by atoms with Crippen molar-refractivity contribution in [3.05, 3.63) is 60.8 Å². The van der Waals surface area contributed by atoms with Gasteiger partial charge in [-0.2, -0.15) is 0 Å². The summed E-state index contributed by atoms with van der Waals surface area (Å²) < 4.78 is 16.8. The minimum Gasteiger partial charge on any atom is -0.462 e. The molecule has 0 aromatic carbocycles. The fourth-order valence-electron chi connectivity index (χ4n) is 7.77. The molecule has 0 aliphatic carbocycles. The maximum Gasteiger partial charge on any atom is 0.306 e. The van der Waals surface area contributed by atoms with E-state index < -0.39 is 6.10 Å². The van der Waals surface area contributed by atoms with Crippen LogP contribution in [0.25, 0.3) is 0 Å². The first-order chi connectivity index (χ1) is 32.0. The highest BCUT2D eigenvalue weighted by Crippen LogP contribution is 2.15. The molecule has 6 nitrogen and oxygen atoms in total. The highest BCUT2D eigenvalue weighted by Gasteiger charge is 2.19. The van der Waals surface area contributed by atoms with Crippen molar-refractivity contribution in [2.45, 2.75) is 284 Å². The largest absolute Gasteiger partial charge is 0.462 e. The third kappa shape index (κ3) is 51.9. The van der Waals surface area contributed by atoms with E-state index in [-0.39, 0.29) is 31.1 Å². The van der Waals surface area contributed by atoms with Gasteiger partial charge in [0.2, 0.25) is 0 Å². The Hall–Kier alpha value is -2.89. The van der Waals surface area contributed by atoms with E-state index in [1.165, 1.54) is 148 Å². The maximum absolute atomic E-state index is 12.8. The van der Waals surface area contributed by atoms with Gasteiger partial charge < -0.3 is 14.2 Å². The van der Waals surface area contributed by atoms with Crippen LogP contribution in [-0.2, 0) is 28.6 Å². The van der Waals surface area contributed by atoms with E-state index in [9.17, 15) is 14.4 Å². The first-order valence-electron chi connectivity index (χ1n) is 27.8. The average molecular weight is 909 g/mol. The maximum atomic E-state index is 12.8. The SMILES string of the molecule is CCCCC/C=C\C/C=C\C/C=C\CCCCCCCCC(=O)OCC(COC(=O)CCCCCCCCCCCC)OC(=O)CCCCCCCCC/C=C\C/C=C\CCCCCC. The van der Waals surface area contributed by atoms with Crippen LogP contribution in [0.15, 0.2) is 60.8 Å². The van der Waals surface area contributed by atoms with E-state index in [2.05, 4.69) is 81.5 Å². The van der Waals surface area contributed by atoms with E-state index in [0.29, 0.717) is 19.3 Å². The molecule has 0 N–H and O–H groups in total. The molecule has 0 radical (unpaired) electrons. The van der Waals surface area contributed by atoms with E-state index >= 15 is 0 Å². The highest BCUT2D eigenvalue weighted by atomic mass is 16.6. The summed E-state index contributed by atoms with van der Waals surface area (Å²) in [6, 6.07) is 0. The summed E-state index contributed by atoms with van der Waals surface area (Å²) in [4.78, 5) is 38.0. The molecule has 65 heavy (non-hydrogen) atoms. The van der Waals surface area contributed by atoms with Crippen LogP contribution in [0.1, 0.15) is 278 Å². The smallest absolute Gasteiger partial charge is 0.306 e. The molecule has 376 valence electrons. The number of hydrogen-bond acceptors (Lipinski definition) is 6. The molecular weight excluding hydrogens is 805 g/mol. The van der Waals surface area contributed by atoms with Crippen molar-refractivity contribution in [1.82, 2.24) is 0 Å². The molecule has 0 saturated heterocycles. The lowest BCUT2D eigenvalue weighted by molar-refractivity contribution is -0.167. The van der Waals surface area contributed by atoms with Crippen molar-refractivity contribution in [3.8, 4) is 0 Å². The third-order valence-electron chi connectivity index (χ3n) is 12.0. The topological polar surface area (TPSA) is 78.9 Å². The quantitative estimate of drug-likeness (QED) is 0.0262. The van der Waals surface area contributed by atoms with Crippen molar-refractivity contribution < 1.29 is 28.6 Å². The summed E-state index contributed by atoms with van der Waals surface area (Å²) >= 11 is 0. The Bertz CT molecular complexity index is 1180. The zero-order chi connectivity index (χ0) is 47.2. The number of esters is 3. The van der Waals surface area contributed by atoms with Gasteiger partial charge in [-0.05, 0) is 89.9 Å². The lowest BCUT2D eigenvalue weighted by atomic mass is 10.1. The summed E-state index contributed by atoms with van der Waals surface area (Å²) in [6.07, 6.45) is 66.3. The van der Waals surface area contributed by atoms with Crippen LogP contribution in [0.5, 0.6) is 0 Å². The minimum atomic E-state index is -0.781. The second-order valence-electron chi connectivity index (χ2n) is 18.5. The summed E-state index contributed by atoms with van der Waals surface area (Å²) in [5, 5.41) is 0. The second kappa shape index (κ2) is 53.7. The molecule has 0 aliphatic rings. The molecule has 6 heteroatoms. The van der Waals surface area contributed by atoms with Crippen molar-refractivity contribution in [2.24, 2.45) is 0 Å². The van der Waals surface area contributed by atoms with Crippen molar-refractivity contribution >= 4 is 17.9 Å². The molecule has 0 rings (SSSR count). The van der Waals surface area contributed by atoms with Gasteiger partial charge in [0.15, 0.2) is 6.10 Å². The molecular formula is C59H104O6. The molecule has 0 aliphatic heterocycles. The predicted molar refractivity (Wildman–Crippen MR) is 279 cm³/mol. The molecule has 0 aromatic heterocycles. The van der Waals surface area contributed by atoms with Gasteiger partial charge in [-0.15, -0.1) is 0 Å².